The number of nitrogens with one attached hydrogen (secondary N) is 1. The molecule has 1 heterocycles. The monoisotopic (exact) mass is 472 g/mol. The Hall–Kier alpha value is -2.67. The van der Waals surface area contributed by atoms with Crippen molar-refractivity contribution in [1.82, 2.24) is 0 Å². The minimum atomic E-state index is -0.354. The molecule has 1 saturated heterocycles. The summed E-state index contributed by atoms with van der Waals surface area (Å²) in [6, 6.07) is 19.5. The average molecular weight is 473 g/mol. The predicted molar refractivity (Wildman–Crippen MR) is 127 cm³/mol. The van der Waals surface area contributed by atoms with E-state index in [1.54, 1.807) is 30.2 Å². The number of rotatable bonds is 5. The number of methoxy groups -OCH3 is 1. The number of benzene rings is 3. The van der Waals surface area contributed by atoms with Gasteiger partial charge in [-0.15, -0.1) is 11.8 Å². The predicted octanol–water partition coefficient (Wildman–Crippen LogP) is 6.03. The number of thioether (sulfide) groups is 1. The van der Waals surface area contributed by atoms with Gasteiger partial charge in [0, 0.05) is 16.3 Å². The second-order valence-electron chi connectivity index (χ2n) is 6.76. The molecule has 0 aliphatic carbocycles. The third-order valence-corrected chi connectivity index (χ3v) is 6.61. The summed E-state index contributed by atoms with van der Waals surface area (Å²) in [6.07, 6.45) is 0. The van der Waals surface area contributed by atoms with E-state index in [-0.39, 0.29) is 22.2 Å². The van der Waals surface area contributed by atoms with Gasteiger partial charge in [-0.2, -0.15) is 0 Å². The fourth-order valence-electron chi connectivity index (χ4n) is 3.43. The molecule has 31 heavy (non-hydrogen) atoms. The molecule has 1 aliphatic rings. The Bertz CT molecular complexity index is 1160. The molecule has 5 nitrogen and oxygen atoms in total. The van der Waals surface area contributed by atoms with Crippen LogP contribution in [0.5, 0.6) is 5.75 Å². The van der Waals surface area contributed by atoms with Crippen molar-refractivity contribution in [3.05, 3.63) is 87.9 Å². The van der Waals surface area contributed by atoms with E-state index in [1.165, 1.54) is 17.8 Å². The maximum absolute atomic E-state index is 12.9. The average Bonchev–Trinajstić information content (AvgIpc) is 3.15. The SMILES string of the molecule is COc1ccccc1N1C(=O)CSC1c1ccccc1NC(=O)c1ccc(Cl)cc1Cl. The lowest BCUT2D eigenvalue weighted by atomic mass is 10.1. The first-order valence-corrected chi connectivity index (χ1v) is 11.2. The van der Waals surface area contributed by atoms with Gasteiger partial charge >= 0.3 is 0 Å². The van der Waals surface area contributed by atoms with Gasteiger partial charge in [-0.1, -0.05) is 53.5 Å². The molecule has 0 saturated carbocycles. The van der Waals surface area contributed by atoms with Gasteiger partial charge in [-0.05, 0) is 36.4 Å². The van der Waals surface area contributed by atoms with Crippen molar-refractivity contribution in [2.45, 2.75) is 5.37 Å². The number of anilines is 2. The van der Waals surface area contributed by atoms with E-state index in [1.807, 2.05) is 42.5 Å². The number of hydrogen-bond acceptors (Lipinski definition) is 4. The van der Waals surface area contributed by atoms with Crippen molar-refractivity contribution in [2.75, 3.05) is 23.1 Å². The van der Waals surface area contributed by atoms with Crippen molar-refractivity contribution < 1.29 is 14.3 Å². The molecule has 4 rings (SSSR count). The minimum Gasteiger partial charge on any atom is -0.495 e. The number of carbonyl (C=O) groups excluding carboxylic acids is 2. The van der Waals surface area contributed by atoms with Crippen LogP contribution in [0.1, 0.15) is 21.3 Å². The lowest BCUT2D eigenvalue weighted by Gasteiger charge is -2.27. The number of para-hydroxylation sites is 3. The number of carbonyl (C=O) groups is 2. The van der Waals surface area contributed by atoms with Crippen LogP contribution in [-0.4, -0.2) is 24.7 Å². The molecule has 1 N–H and O–H groups in total. The van der Waals surface area contributed by atoms with Crippen LogP contribution in [0, 0.1) is 0 Å². The highest BCUT2D eigenvalue weighted by atomic mass is 35.5. The molecule has 3 aromatic carbocycles. The third-order valence-electron chi connectivity index (χ3n) is 4.86. The van der Waals surface area contributed by atoms with E-state index < -0.39 is 0 Å². The highest BCUT2D eigenvalue weighted by molar-refractivity contribution is 8.00. The number of amides is 2. The van der Waals surface area contributed by atoms with Gasteiger partial charge in [0.2, 0.25) is 5.91 Å². The number of ether oxygens (including phenoxy) is 1. The van der Waals surface area contributed by atoms with E-state index >= 15 is 0 Å². The molecule has 1 unspecified atom stereocenters. The molecule has 2 amide bonds. The Kier molecular flexibility index (Phi) is 6.41. The summed E-state index contributed by atoms with van der Waals surface area (Å²) in [5, 5.41) is 3.33. The Morgan fingerprint density at radius 1 is 1.10 bits per heavy atom. The van der Waals surface area contributed by atoms with Gasteiger partial charge in [-0.25, -0.2) is 0 Å². The maximum Gasteiger partial charge on any atom is 0.257 e. The maximum atomic E-state index is 12.9. The highest BCUT2D eigenvalue weighted by Gasteiger charge is 2.36. The first-order valence-electron chi connectivity index (χ1n) is 9.41. The molecule has 1 aliphatic heterocycles. The molecular weight excluding hydrogens is 455 g/mol. The van der Waals surface area contributed by atoms with Crippen molar-refractivity contribution in [3.63, 3.8) is 0 Å². The van der Waals surface area contributed by atoms with E-state index in [2.05, 4.69) is 5.32 Å². The quantitative estimate of drug-likeness (QED) is 0.492. The normalized spacial score (nSPS) is 15.8. The van der Waals surface area contributed by atoms with Crippen molar-refractivity contribution in [2.24, 2.45) is 0 Å². The van der Waals surface area contributed by atoms with Crippen molar-refractivity contribution in [3.8, 4) is 5.75 Å². The third kappa shape index (κ3) is 4.37. The van der Waals surface area contributed by atoms with Gasteiger partial charge in [0.05, 0.1) is 29.1 Å². The highest BCUT2D eigenvalue weighted by Crippen LogP contribution is 2.46. The second kappa shape index (κ2) is 9.22. The summed E-state index contributed by atoms with van der Waals surface area (Å²) in [6.45, 7) is 0. The molecule has 8 heteroatoms. The summed E-state index contributed by atoms with van der Waals surface area (Å²) in [4.78, 5) is 27.4. The van der Waals surface area contributed by atoms with Crippen LogP contribution >= 0.6 is 35.0 Å². The molecule has 0 aromatic heterocycles. The lowest BCUT2D eigenvalue weighted by Crippen LogP contribution is -2.29. The fraction of sp³-hybridized carbons (Fsp3) is 0.130. The summed E-state index contributed by atoms with van der Waals surface area (Å²) < 4.78 is 5.47. The second-order valence-corrected chi connectivity index (χ2v) is 8.68. The Labute approximate surface area is 194 Å². The van der Waals surface area contributed by atoms with E-state index in [0.29, 0.717) is 33.5 Å². The Morgan fingerprint density at radius 3 is 2.61 bits per heavy atom. The Balaban J connectivity index is 1.69. The molecule has 1 atom stereocenters. The van der Waals surface area contributed by atoms with Crippen molar-refractivity contribution in [1.29, 1.82) is 0 Å². The zero-order valence-electron chi connectivity index (χ0n) is 16.5. The number of nitrogens with zero attached hydrogens (tertiary/aromatic N) is 1. The summed E-state index contributed by atoms with van der Waals surface area (Å²) >= 11 is 13.6. The van der Waals surface area contributed by atoms with Gasteiger partial charge < -0.3 is 10.1 Å². The van der Waals surface area contributed by atoms with Crippen LogP contribution < -0.4 is 15.0 Å². The first kappa shape index (κ1) is 21.6. The number of halogens is 2. The minimum absolute atomic E-state index is 0.0265. The molecule has 158 valence electrons. The van der Waals surface area contributed by atoms with E-state index in [9.17, 15) is 9.59 Å². The molecule has 0 bridgehead atoms. The van der Waals surface area contributed by atoms with Crippen LogP contribution in [0.3, 0.4) is 0 Å². The molecule has 3 aromatic rings. The van der Waals surface area contributed by atoms with Gasteiger partial charge in [0.15, 0.2) is 0 Å². The van der Waals surface area contributed by atoms with E-state index in [0.717, 1.165) is 5.56 Å². The standard InChI is InChI=1S/C23H18Cl2N2O3S/c1-30-20-9-5-4-8-19(20)27-21(28)13-31-23(27)16-6-2-3-7-18(16)26-22(29)15-11-10-14(24)12-17(15)25/h2-12,23H,13H2,1H3,(H,26,29). The summed E-state index contributed by atoms with van der Waals surface area (Å²) in [5.41, 5.74) is 2.41. The topological polar surface area (TPSA) is 58.6 Å². The van der Waals surface area contributed by atoms with Gasteiger partial charge in [-0.3, -0.25) is 14.5 Å². The van der Waals surface area contributed by atoms with Gasteiger partial charge in [0.25, 0.3) is 5.91 Å². The van der Waals surface area contributed by atoms with Crippen LogP contribution in [0.2, 0.25) is 10.0 Å². The van der Waals surface area contributed by atoms with Gasteiger partial charge in [0.1, 0.15) is 11.1 Å². The van der Waals surface area contributed by atoms with Crippen LogP contribution in [0.15, 0.2) is 66.7 Å². The Morgan fingerprint density at radius 2 is 1.84 bits per heavy atom. The molecule has 1 fully saturated rings. The fourth-order valence-corrected chi connectivity index (χ4v) is 5.13. The summed E-state index contributed by atoms with van der Waals surface area (Å²) in [7, 11) is 1.57. The molecular formula is C23H18Cl2N2O3S. The number of hydrogen-bond donors (Lipinski definition) is 1. The van der Waals surface area contributed by atoms with E-state index in [4.69, 9.17) is 27.9 Å². The lowest BCUT2D eigenvalue weighted by molar-refractivity contribution is -0.115. The zero-order valence-corrected chi connectivity index (χ0v) is 18.8. The largest absolute Gasteiger partial charge is 0.495 e. The van der Waals surface area contributed by atoms with Crippen LogP contribution in [-0.2, 0) is 4.79 Å². The zero-order chi connectivity index (χ0) is 22.0. The summed E-state index contributed by atoms with van der Waals surface area (Å²) in [5.74, 6) is 0.556. The van der Waals surface area contributed by atoms with Crippen molar-refractivity contribution >= 4 is 58.2 Å². The molecule has 0 radical (unpaired) electrons. The molecule has 0 spiro atoms. The smallest absolute Gasteiger partial charge is 0.257 e. The first-order chi connectivity index (χ1) is 15.0. The van der Waals surface area contributed by atoms with Crippen LogP contribution in [0.25, 0.3) is 0 Å². The van der Waals surface area contributed by atoms with Crippen LogP contribution in [0.4, 0.5) is 11.4 Å².